The van der Waals surface area contributed by atoms with Gasteiger partial charge in [0.2, 0.25) is 0 Å². The van der Waals surface area contributed by atoms with Crippen LogP contribution in [0.25, 0.3) is 23.1 Å². The van der Waals surface area contributed by atoms with Gasteiger partial charge in [-0.05, 0) is 24.3 Å². The molecule has 0 unspecified atom stereocenters. The summed E-state index contributed by atoms with van der Waals surface area (Å²) >= 11 is 0. The number of hydrogen-bond acceptors (Lipinski definition) is 2. The van der Waals surface area contributed by atoms with Crippen molar-refractivity contribution < 1.29 is 8.78 Å². The summed E-state index contributed by atoms with van der Waals surface area (Å²) in [5.74, 6) is -0.646. The summed E-state index contributed by atoms with van der Waals surface area (Å²) in [5.41, 5.74) is 1.76. The highest BCUT2D eigenvalue weighted by Crippen LogP contribution is 2.19. The van der Waals surface area contributed by atoms with Gasteiger partial charge in [0, 0.05) is 16.5 Å². The van der Waals surface area contributed by atoms with Gasteiger partial charge in [-0.25, -0.2) is 8.78 Å². The van der Waals surface area contributed by atoms with E-state index in [4.69, 9.17) is 0 Å². The molecule has 0 bridgehead atoms. The van der Waals surface area contributed by atoms with Gasteiger partial charge in [-0.2, -0.15) is 10.2 Å². The quantitative estimate of drug-likeness (QED) is 0.700. The van der Waals surface area contributed by atoms with Crippen LogP contribution in [0.3, 0.4) is 0 Å². The monoisotopic (exact) mass is 268 g/mol. The van der Waals surface area contributed by atoms with Crippen LogP contribution < -0.4 is 0 Å². The zero-order chi connectivity index (χ0) is 13.9. The second-order valence-corrected chi connectivity index (χ2v) is 4.32. The lowest BCUT2D eigenvalue weighted by molar-refractivity contribution is 0.625. The molecule has 0 fully saturated rings. The van der Waals surface area contributed by atoms with Gasteiger partial charge in [-0.3, -0.25) is 0 Å². The summed E-state index contributed by atoms with van der Waals surface area (Å²) in [6.07, 6.45) is 4.87. The van der Waals surface area contributed by atoms with E-state index in [1.54, 1.807) is 36.4 Å². The minimum Gasteiger partial charge on any atom is -0.207 e. The fourth-order valence-corrected chi connectivity index (χ4v) is 1.97. The minimum atomic E-state index is -0.342. The van der Waals surface area contributed by atoms with Crippen molar-refractivity contribution in [1.82, 2.24) is 10.2 Å². The van der Waals surface area contributed by atoms with Crippen molar-refractivity contribution in [3.8, 4) is 0 Å². The van der Waals surface area contributed by atoms with Gasteiger partial charge in [0.25, 0.3) is 0 Å². The van der Waals surface area contributed by atoms with Crippen molar-refractivity contribution in [2.24, 2.45) is 0 Å². The smallest absolute Gasteiger partial charge is 0.130 e. The zero-order valence-electron chi connectivity index (χ0n) is 10.4. The Kier molecular flexibility index (Phi) is 3.21. The summed E-state index contributed by atoms with van der Waals surface area (Å²) in [4.78, 5) is 0. The number of halogens is 2. The molecule has 98 valence electrons. The molecule has 2 aromatic carbocycles. The maximum atomic E-state index is 13.5. The number of aromatic nitrogens is 2. The van der Waals surface area contributed by atoms with Crippen molar-refractivity contribution in [3.63, 3.8) is 0 Å². The van der Waals surface area contributed by atoms with E-state index in [0.717, 1.165) is 0 Å². The molecule has 3 rings (SSSR count). The average Bonchev–Trinajstić information content (AvgIpc) is 2.46. The minimum absolute atomic E-state index is 0.304. The van der Waals surface area contributed by atoms with Crippen molar-refractivity contribution in [3.05, 3.63) is 71.4 Å². The van der Waals surface area contributed by atoms with Crippen LogP contribution >= 0.6 is 0 Å². The van der Waals surface area contributed by atoms with E-state index in [9.17, 15) is 8.78 Å². The van der Waals surface area contributed by atoms with Crippen LogP contribution in [0.2, 0.25) is 0 Å². The first-order valence-electron chi connectivity index (χ1n) is 6.07. The van der Waals surface area contributed by atoms with Gasteiger partial charge < -0.3 is 0 Å². The SMILES string of the molecule is Fc1ccc2nncc(/C=C\c3ccccc3F)c2c1. The normalized spacial score (nSPS) is 11.3. The molecule has 0 amide bonds. The number of benzene rings is 2. The van der Waals surface area contributed by atoms with E-state index < -0.39 is 0 Å². The van der Waals surface area contributed by atoms with Crippen LogP contribution in [-0.2, 0) is 0 Å². The largest absolute Gasteiger partial charge is 0.207 e. The number of nitrogens with zero attached hydrogens (tertiary/aromatic N) is 2. The van der Waals surface area contributed by atoms with E-state index in [2.05, 4.69) is 10.2 Å². The molecule has 3 aromatic rings. The molecule has 0 atom stereocenters. The fourth-order valence-electron chi connectivity index (χ4n) is 1.97. The molecule has 1 heterocycles. The topological polar surface area (TPSA) is 25.8 Å². The third-order valence-electron chi connectivity index (χ3n) is 2.98. The van der Waals surface area contributed by atoms with Gasteiger partial charge in [-0.1, -0.05) is 30.4 Å². The predicted octanol–water partition coefficient (Wildman–Crippen LogP) is 4.08. The Labute approximate surface area is 114 Å². The highest BCUT2D eigenvalue weighted by atomic mass is 19.1. The number of fused-ring (bicyclic) bond motifs is 1. The predicted molar refractivity (Wildman–Crippen MR) is 74.8 cm³/mol. The highest BCUT2D eigenvalue weighted by molar-refractivity contribution is 5.89. The molecule has 0 saturated carbocycles. The first kappa shape index (κ1) is 12.4. The summed E-state index contributed by atoms with van der Waals surface area (Å²) < 4.78 is 26.8. The van der Waals surface area contributed by atoms with Crippen LogP contribution in [0.5, 0.6) is 0 Å². The van der Waals surface area contributed by atoms with Crippen molar-refractivity contribution in [2.75, 3.05) is 0 Å². The highest BCUT2D eigenvalue weighted by Gasteiger charge is 2.02. The lowest BCUT2D eigenvalue weighted by Crippen LogP contribution is -1.88. The summed E-state index contributed by atoms with van der Waals surface area (Å²) in [5, 5.41) is 8.44. The Hall–Kier alpha value is -2.62. The molecular formula is C16H10F2N2. The maximum Gasteiger partial charge on any atom is 0.130 e. The first-order chi connectivity index (χ1) is 9.74. The van der Waals surface area contributed by atoms with Crippen molar-refractivity contribution in [2.45, 2.75) is 0 Å². The van der Waals surface area contributed by atoms with Gasteiger partial charge in [0.15, 0.2) is 0 Å². The Balaban J connectivity index is 2.07. The van der Waals surface area contributed by atoms with Gasteiger partial charge in [-0.15, -0.1) is 0 Å². The molecule has 0 saturated heterocycles. The molecule has 0 aliphatic heterocycles. The van der Waals surface area contributed by atoms with E-state index in [0.29, 0.717) is 22.0 Å². The van der Waals surface area contributed by atoms with Gasteiger partial charge in [0.05, 0.1) is 11.7 Å². The van der Waals surface area contributed by atoms with Gasteiger partial charge in [0.1, 0.15) is 11.6 Å². The average molecular weight is 268 g/mol. The third-order valence-corrected chi connectivity index (χ3v) is 2.98. The van der Waals surface area contributed by atoms with E-state index in [-0.39, 0.29) is 11.6 Å². The lowest BCUT2D eigenvalue weighted by atomic mass is 10.1. The Morgan fingerprint density at radius 2 is 1.70 bits per heavy atom. The Bertz CT molecular complexity index is 797. The molecule has 0 N–H and O–H groups in total. The lowest BCUT2D eigenvalue weighted by Gasteiger charge is -2.01. The van der Waals surface area contributed by atoms with Crippen LogP contribution in [0.1, 0.15) is 11.1 Å². The molecule has 1 aromatic heterocycles. The van der Waals surface area contributed by atoms with E-state index in [1.165, 1.54) is 24.4 Å². The fraction of sp³-hybridized carbons (Fsp3) is 0. The molecule has 4 heteroatoms. The van der Waals surface area contributed by atoms with Crippen molar-refractivity contribution >= 4 is 23.1 Å². The molecule has 0 spiro atoms. The maximum absolute atomic E-state index is 13.5. The number of rotatable bonds is 2. The van der Waals surface area contributed by atoms with Crippen LogP contribution in [0.15, 0.2) is 48.7 Å². The van der Waals surface area contributed by atoms with Crippen molar-refractivity contribution in [1.29, 1.82) is 0 Å². The second-order valence-electron chi connectivity index (χ2n) is 4.32. The molecule has 20 heavy (non-hydrogen) atoms. The Morgan fingerprint density at radius 3 is 2.55 bits per heavy atom. The molecule has 2 nitrogen and oxygen atoms in total. The summed E-state index contributed by atoms with van der Waals surface area (Å²) in [6.45, 7) is 0. The number of hydrogen-bond donors (Lipinski definition) is 0. The molecular weight excluding hydrogens is 258 g/mol. The summed E-state index contributed by atoms with van der Waals surface area (Å²) in [6, 6.07) is 10.7. The summed E-state index contributed by atoms with van der Waals surface area (Å²) in [7, 11) is 0. The molecule has 0 radical (unpaired) electrons. The molecule has 0 aliphatic rings. The van der Waals surface area contributed by atoms with Crippen LogP contribution in [0, 0.1) is 11.6 Å². The van der Waals surface area contributed by atoms with E-state index in [1.807, 2.05) is 0 Å². The standard InChI is InChI=1S/C16H10F2N2/c17-13-7-8-16-14(9-13)12(10-19-20-16)6-5-11-3-1-2-4-15(11)18/h1-10H/b6-5-. The molecule has 0 aliphatic carbocycles. The third kappa shape index (κ3) is 2.40. The van der Waals surface area contributed by atoms with Crippen LogP contribution in [0.4, 0.5) is 8.78 Å². The Morgan fingerprint density at radius 1 is 0.900 bits per heavy atom. The van der Waals surface area contributed by atoms with Crippen LogP contribution in [-0.4, -0.2) is 10.2 Å². The first-order valence-corrected chi connectivity index (χ1v) is 6.07. The second kappa shape index (κ2) is 5.17. The zero-order valence-corrected chi connectivity index (χ0v) is 10.4. The van der Waals surface area contributed by atoms with E-state index >= 15 is 0 Å². The van der Waals surface area contributed by atoms with Gasteiger partial charge >= 0.3 is 0 Å².